The van der Waals surface area contributed by atoms with Crippen LogP contribution in [0.15, 0.2) is 48.6 Å². The molecule has 0 heterocycles. The summed E-state index contributed by atoms with van der Waals surface area (Å²) in [5.41, 5.74) is 0. The van der Waals surface area contributed by atoms with Crippen LogP contribution >= 0.6 is 0 Å². The third-order valence-electron chi connectivity index (χ3n) is 5.07. The Labute approximate surface area is 158 Å². The minimum absolute atomic E-state index is 1.23. The zero-order valence-corrected chi connectivity index (χ0v) is 16.6. The lowest BCUT2D eigenvalue weighted by Gasteiger charge is -2.03. The van der Waals surface area contributed by atoms with Gasteiger partial charge >= 0.3 is 0 Å². The molecular formula is C25H42. The van der Waals surface area contributed by atoms with E-state index in [1.807, 2.05) is 0 Å². The van der Waals surface area contributed by atoms with Crippen molar-refractivity contribution in [3.8, 4) is 0 Å². The predicted molar refractivity (Wildman–Crippen MR) is 115 cm³/mol. The van der Waals surface area contributed by atoms with Gasteiger partial charge in [-0.15, -0.1) is 0 Å². The number of hydrogen-bond donors (Lipinski definition) is 0. The third-order valence-corrected chi connectivity index (χ3v) is 5.07. The van der Waals surface area contributed by atoms with Gasteiger partial charge in [-0.25, -0.2) is 0 Å². The summed E-state index contributed by atoms with van der Waals surface area (Å²) in [6.07, 6.45) is 41.5. The van der Waals surface area contributed by atoms with E-state index in [4.69, 9.17) is 0 Å². The van der Waals surface area contributed by atoms with Gasteiger partial charge in [0.2, 0.25) is 0 Å². The van der Waals surface area contributed by atoms with E-state index in [1.54, 1.807) is 0 Å². The number of hydrogen-bond acceptors (Lipinski definition) is 0. The fourth-order valence-corrected chi connectivity index (χ4v) is 3.43. The van der Waals surface area contributed by atoms with Crippen molar-refractivity contribution in [1.29, 1.82) is 0 Å². The van der Waals surface area contributed by atoms with Gasteiger partial charge in [0.15, 0.2) is 0 Å². The molecule has 142 valence electrons. The number of allylic oxidation sites excluding steroid dienone is 8. The molecule has 1 aliphatic rings. The van der Waals surface area contributed by atoms with Gasteiger partial charge in [-0.1, -0.05) is 132 Å². The highest BCUT2D eigenvalue weighted by Gasteiger charge is 1.94. The Morgan fingerprint density at radius 3 is 0.800 bits per heavy atom. The van der Waals surface area contributed by atoms with Crippen LogP contribution in [0.5, 0.6) is 0 Å². The van der Waals surface area contributed by atoms with Crippen molar-refractivity contribution >= 4 is 0 Å². The first kappa shape index (κ1) is 22.0. The zero-order valence-electron chi connectivity index (χ0n) is 16.6. The maximum atomic E-state index is 2.31. The highest BCUT2D eigenvalue weighted by atomic mass is 14.0. The second-order valence-corrected chi connectivity index (χ2v) is 7.51. The summed E-state index contributed by atoms with van der Waals surface area (Å²) in [6, 6.07) is 0. The second kappa shape index (κ2) is 19.3. The standard InChI is InChI=1S/C25H42/c1-2-4-6-8-10-12-14-16-18-20-22-24-25-23-21-19-17-15-13-11-9-7-5-3-1/h1-8H,9-25H2. The highest BCUT2D eigenvalue weighted by Crippen LogP contribution is 2.14. The van der Waals surface area contributed by atoms with Crippen LogP contribution in [-0.2, 0) is 0 Å². The molecule has 1 rings (SSSR count). The Morgan fingerprint density at radius 2 is 0.480 bits per heavy atom. The molecule has 0 aromatic carbocycles. The normalized spacial score (nSPS) is 21.4. The van der Waals surface area contributed by atoms with Crippen LogP contribution < -0.4 is 0 Å². The SMILES string of the molecule is C1=CC=CCCCCCCCCCCCCCCCCCC=CC=C1. The van der Waals surface area contributed by atoms with E-state index in [0.717, 1.165) is 0 Å². The molecule has 0 heteroatoms. The van der Waals surface area contributed by atoms with Gasteiger partial charge in [0.25, 0.3) is 0 Å². The molecule has 0 saturated heterocycles. The van der Waals surface area contributed by atoms with Crippen LogP contribution in [0, 0.1) is 0 Å². The van der Waals surface area contributed by atoms with Gasteiger partial charge in [0.1, 0.15) is 0 Å². The third kappa shape index (κ3) is 17.6. The van der Waals surface area contributed by atoms with Crippen LogP contribution in [0.2, 0.25) is 0 Å². The van der Waals surface area contributed by atoms with Crippen molar-refractivity contribution in [3.63, 3.8) is 0 Å². The van der Waals surface area contributed by atoms with E-state index >= 15 is 0 Å². The van der Waals surface area contributed by atoms with E-state index in [9.17, 15) is 0 Å². The first-order chi connectivity index (χ1) is 12.5. The fraction of sp³-hybridized carbons (Fsp3) is 0.680. The van der Waals surface area contributed by atoms with E-state index in [0.29, 0.717) is 0 Å². The molecule has 0 N–H and O–H groups in total. The van der Waals surface area contributed by atoms with E-state index in [1.165, 1.54) is 109 Å². The Kier molecular flexibility index (Phi) is 17.0. The Bertz CT molecular complexity index is 333. The summed E-state index contributed by atoms with van der Waals surface area (Å²) >= 11 is 0. The van der Waals surface area contributed by atoms with Gasteiger partial charge in [-0.05, 0) is 25.7 Å². The lowest BCUT2D eigenvalue weighted by atomic mass is 10.0. The summed E-state index contributed by atoms with van der Waals surface area (Å²) in [5, 5.41) is 0. The smallest absolute Gasteiger partial charge is 0.0348 e. The van der Waals surface area contributed by atoms with E-state index in [-0.39, 0.29) is 0 Å². The molecule has 0 nitrogen and oxygen atoms in total. The average molecular weight is 343 g/mol. The molecule has 0 unspecified atom stereocenters. The lowest BCUT2D eigenvalue weighted by molar-refractivity contribution is 0.531. The van der Waals surface area contributed by atoms with Gasteiger partial charge in [0, 0.05) is 0 Å². The average Bonchev–Trinajstić information content (AvgIpc) is 2.62. The summed E-state index contributed by atoms with van der Waals surface area (Å²) in [7, 11) is 0. The molecule has 0 amide bonds. The maximum Gasteiger partial charge on any atom is -0.0348 e. The number of rotatable bonds is 0. The minimum atomic E-state index is 1.23. The molecule has 0 bridgehead atoms. The topological polar surface area (TPSA) is 0 Å². The van der Waals surface area contributed by atoms with Crippen molar-refractivity contribution in [2.24, 2.45) is 0 Å². The highest BCUT2D eigenvalue weighted by molar-refractivity contribution is 5.15. The molecule has 0 radical (unpaired) electrons. The first-order valence-corrected chi connectivity index (χ1v) is 11.1. The van der Waals surface area contributed by atoms with Gasteiger partial charge in [-0.3, -0.25) is 0 Å². The molecule has 0 aliphatic heterocycles. The van der Waals surface area contributed by atoms with Crippen LogP contribution in [0.1, 0.15) is 109 Å². The molecule has 0 atom stereocenters. The van der Waals surface area contributed by atoms with Crippen LogP contribution in [-0.4, -0.2) is 0 Å². The molecule has 0 saturated carbocycles. The molecule has 0 aromatic rings. The molecule has 25 heavy (non-hydrogen) atoms. The van der Waals surface area contributed by atoms with Crippen molar-refractivity contribution in [3.05, 3.63) is 48.6 Å². The molecule has 0 spiro atoms. The van der Waals surface area contributed by atoms with E-state index < -0.39 is 0 Å². The predicted octanol–water partition coefficient (Wildman–Crippen LogP) is 8.86. The molecule has 0 aromatic heterocycles. The van der Waals surface area contributed by atoms with Crippen LogP contribution in [0.3, 0.4) is 0 Å². The largest absolute Gasteiger partial charge is 0.0845 e. The molecule has 1 aliphatic carbocycles. The summed E-state index contributed by atoms with van der Waals surface area (Å²) in [4.78, 5) is 0. The Hall–Kier alpha value is -1.04. The molecule has 0 fully saturated rings. The van der Waals surface area contributed by atoms with Crippen LogP contribution in [0.4, 0.5) is 0 Å². The first-order valence-electron chi connectivity index (χ1n) is 11.1. The summed E-state index contributed by atoms with van der Waals surface area (Å²) in [5.74, 6) is 0. The molecular weight excluding hydrogens is 300 g/mol. The van der Waals surface area contributed by atoms with E-state index in [2.05, 4.69) is 48.6 Å². The summed E-state index contributed by atoms with van der Waals surface area (Å²) in [6.45, 7) is 0. The second-order valence-electron chi connectivity index (χ2n) is 7.51. The van der Waals surface area contributed by atoms with Crippen molar-refractivity contribution in [2.45, 2.75) is 109 Å². The lowest BCUT2D eigenvalue weighted by Crippen LogP contribution is -1.83. The minimum Gasteiger partial charge on any atom is -0.0845 e. The summed E-state index contributed by atoms with van der Waals surface area (Å²) < 4.78 is 0. The Balaban J connectivity index is 2.19. The van der Waals surface area contributed by atoms with Gasteiger partial charge in [-0.2, -0.15) is 0 Å². The zero-order chi connectivity index (χ0) is 17.7. The van der Waals surface area contributed by atoms with Crippen molar-refractivity contribution in [1.82, 2.24) is 0 Å². The van der Waals surface area contributed by atoms with Crippen molar-refractivity contribution in [2.75, 3.05) is 0 Å². The van der Waals surface area contributed by atoms with Crippen LogP contribution in [0.25, 0.3) is 0 Å². The van der Waals surface area contributed by atoms with Gasteiger partial charge < -0.3 is 0 Å². The van der Waals surface area contributed by atoms with Crippen molar-refractivity contribution < 1.29 is 0 Å². The Morgan fingerprint density at radius 1 is 0.240 bits per heavy atom. The quantitative estimate of drug-likeness (QED) is 0.412. The fourth-order valence-electron chi connectivity index (χ4n) is 3.43. The van der Waals surface area contributed by atoms with Gasteiger partial charge in [0.05, 0.1) is 0 Å². The monoisotopic (exact) mass is 342 g/mol. The maximum absolute atomic E-state index is 2.31.